The summed E-state index contributed by atoms with van der Waals surface area (Å²) in [6.45, 7) is -0.260. The van der Waals surface area contributed by atoms with Gasteiger partial charge in [-0.05, 0) is 54.1 Å². The van der Waals surface area contributed by atoms with E-state index in [0.29, 0.717) is 17.0 Å². The molecule has 8 nitrogen and oxygen atoms in total. The first-order chi connectivity index (χ1) is 17.3. The molecule has 0 bridgehead atoms. The number of urea groups is 1. The SMILES string of the molecule is COc1cccc(/C=C2/NC(=O)N(Cc3ccc(Br)cc3)C2=O)c1OCC(=O)Nc1ccc(F)cc1. The van der Waals surface area contributed by atoms with Crippen LogP contribution in [0.15, 0.2) is 76.9 Å². The standard InChI is InChI=1S/C26H21BrFN3O5/c1-35-22-4-2-3-17(24(22)36-15-23(32)29-20-11-9-19(28)10-12-20)13-21-25(33)31(26(34)30-21)14-16-5-7-18(27)8-6-16/h2-13H,14-15H2,1H3,(H,29,32)(H,30,34)/b21-13+. The molecule has 0 saturated carbocycles. The number of ether oxygens (including phenoxy) is 2. The molecule has 0 aromatic heterocycles. The van der Waals surface area contributed by atoms with Crippen LogP contribution in [0, 0.1) is 5.82 Å². The van der Waals surface area contributed by atoms with Crippen molar-refractivity contribution in [2.24, 2.45) is 0 Å². The van der Waals surface area contributed by atoms with Crippen LogP contribution in [0.3, 0.4) is 0 Å². The van der Waals surface area contributed by atoms with Gasteiger partial charge in [0.25, 0.3) is 11.8 Å². The molecule has 1 saturated heterocycles. The number of imide groups is 1. The van der Waals surface area contributed by atoms with Crippen LogP contribution >= 0.6 is 15.9 Å². The number of hydrogen-bond acceptors (Lipinski definition) is 5. The van der Waals surface area contributed by atoms with Gasteiger partial charge in [-0.2, -0.15) is 0 Å². The molecule has 1 fully saturated rings. The van der Waals surface area contributed by atoms with Gasteiger partial charge in [0.05, 0.1) is 13.7 Å². The van der Waals surface area contributed by atoms with E-state index in [9.17, 15) is 18.8 Å². The molecule has 1 aliphatic rings. The van der Waals surface area contributed by atoms with Crippen molar-refractivity contribution >= 4 is 45.5 Å². The number of halogens is 2. The van der Waals surface area contributed by atoms with E-state index in [1.165, 1.54) is 37.5 Å². The highest BCUT2D eigenvalue weighted by Gasteiger charge is 2.33. The van der Waals surface area contributed by atoms with Crippen LogP contribution in [0.25, 0.3) is 6.08 Å². The minimum atomic E-state index is -0.543. The molecular formula is C26H21BrFN3O5. The molecule has 4 rings (SSSR count). The van der Waals surface area contributed by atoms with E-state index in [4.69, 9.17) is 9.47 Å². The van der Waals surface area contributed by atoms with Crippen molar-refractivity contribution in [1.29, 1.82) is 0 Å². The van der Waals surface area contributed by atoms with Gasteiger partial charge in [0.2, 0.25) is 0 Å². The van der Waals surface area contributed by atoms with Gasteiger partial charge >= 0.3 is 6.03 Å². The van der Waals surface area contributed by atoms with E-state index in [2.05, 4.69) is 26.6 Å². The molecular weight excluding hydrogens is 533 g/mol. The fourth-order valence-electron chi connectivity index (χ4n) is 3.47. The zero-order chi connectivity index (χ0) is 25.7. The summed E-state index contributed by atoms with van der Waals surface area (Å²) in [5, 5.41) is 5.19. The number of hydrogen-bond donors (Lipinski definition) is 2. The second-order valence-corrected chi connectivity index (χ2v) is 8.64. The molecule has 2 N–H and O–H groups in total. The largest absolute Gasteiger partial charge is 0.493 e. The van der Waals surface area contributed by atoms with Crippen LogP contribution in [0.1, 0.15) is 11.1 Å². The maximum Gasteiger partial charge on any atom is 0.329 e. The molecule has 184 valence electrons. The van der Waals surface area contributed by atoms with Crippen molar-refractivity contribution in [1.82, 2.24) is 10.2 Å². The smallest absolute Gasteiger partial charge is 0.329 e. The molecule has 3 aromatic rings. The van der Waals surface area contributed by atoms with Crippen LogP contribution in [0.5, 0.6) is 11.5 Å². The Balaban J connectivity index is 1.50. The number of para-hydroxylation sites is 1. The summed E-state index contributed by atoms with van der Waals surface area (Å²) >= 11 is 3.36. The fraction of sp³-hybridized carbons (Fsp3) is 0.115. The summed E-state index contributed by atoms with van der Waals surface area (Å²) in [4.78, 5) is 38.9. The first kappa shape index (κ1) is 24.9. The minimum absolute atomic E-state index is 0.0611. The van der Waals surface area contributed by atoms with Gasteiger partial charge in [0, 0.05) is 15.7 Å². The lowest BCUT2D eigenvalue weighted by Crippen LogP contribution is -2.30. The first-order valence-corrected chi connectivity index (χ1v) is 11.6. The molecule has 10 heteroatoms. The third-order valence-electron chi connectivity index (χ3n) is 5.22. The first-order valence-electron chi connectivity index (χ1n) is 10.8. The topological polar surface area (TPSA) is 97.0 Å². The number of rotatable bonds is 8. The predicted molar refractivity (Wildman–Crippen MR) is 135 cm³/mol. The Morgan fingerprint density at radius 2 is 1.81 bits per heavy atom. The van der Waals surface area contributed by atoms with Gasteiger partial charge in [-0.15, -0.1) is 0 Å². The van der Waals surface area contributed by atoms with Gasteiger partial charge in [-0.1, -0.05) is 40.2 Å². The van der Waals surface area contributed by atoms with Crippen LogP contribution in [-0.2, 0) is 16.1 Å². The normalized spacial score (nSPS) is 14.1. The molecule has 0 unspecified atom stereocenters. The Kier molecular flexibility index (Phi) is 7.65. The summed E-state index contributed by atoms with van der Waals surface area (Å²) in [6.07, 6.45) is 1.47. The molecule has 1 heterocycles. The second kappa shape index (κ2) is 11.0. The van der Waals surface area contributed by atoms with Gasteiger partial charge < -0.3 is 20.1 Å². The van der Waals surface area contributed by atoms with Crippen molar-refractivity contribution < 1.29 is 28.2 Å². The lowest BCUT2D eigenvalue weighted by Gasteiger charge is -2.14. The third kappa shape index (κ3) is 5.89. The quantitative estimate of drug-likeness (QED) is 0.311. The summed E-state index contributed by atoms with van der Waals surface area (Å²) in [5.41, 5.74) is 1.70. The molecule has 4 amide bonds. The number of amides is 4. The zero-order valence-corrected chi connectivity index (χ0v) is 20.7. The molecule has 0 atom stereocenters. The molecule has 1 aliphatic heterocycles. The predicted octanol–water partition coefficient (Wildman–Crippen LogP) is 4.71. The molecule has 3 aromatic carbocycles. The number of anilines is 1. The summed E-state index contributed by atoms with van der Waals surface area (Å²) < 4.78 is 25.0. The maximum atomic E-state index is 13.1. The highest BCUT2D eigenvalue weighted by Crippen LogP contribution is 2.33. The van der Waals surface area contributed by atoms with E-state index in [0.717, 1.165) is 14.9 Å². The molecule has 36 heavy (non-hydrogen) atoms. The van der Waals surface area contributed by atoms with Crippen LogP contribution < -0.4 is 20.1 Å². The van der Waals surface area contributed by atoms with E-state index in [-0.39, 0.29) is 24.6 Å². The monoisotopic (exact) mass is 553 g/mol. The van der Waals surface area contributed by atoms with E-state index in [1.54, 1.807) is 18.2 Å². The minimum Gasteiger partial charge on any atom is -0.493 e. The van der Waals surface area contributed by atoms with Crippen molar-refractivity contribution in [3.05, 3.63) is 93.8 Å². The van der Waals surface area contributed by atoms with Crippen molar-refractivity contribution in [3.63, 3.8) is 0 Å². The number of carbonyl (C=O) groups excluding carboxylic acids is 3. The van der Waals surface area contributed by atoms with Crippen LogP contribution in [0.4, 0.5) is 14.9 Å². The lowest BCUT2D eigenvalue weighted by atomic mass is 10.1. The lowest BCUT2D eigenvalue weighted by molar-refractivity contribution is -0.123. The number of methoxy groups -OCH3 is 1. The summed E-state index contributed by atoms with van der Waals surface area (Å²) in [5.74, 6) is -0.833. The number of nitrogens with one attached hydrogen (secondary N) is 2. The van der Waals surface area contributed by atoms with Crippen molar-refractivity contribution in [2.45, 2.75) is 6.54 Å². The number of nitrogens with zero attached hydrogens (tertiary/aromatic N) is 1. The average Bonchev–Trinajstić information content (AvgIpc) is 3.13. The number of benzene rings is 3. The van der Waals surface area contributed by atoms with Gasteiger partial charge in [0.15, 0.2) is 18.1 Å². The van der Waals surface area contributed by atoms with E-state index in [1.807, 2.05) is 24.3 Å². The Morgan fingerprint density at radius 1 is 1.08 bits per heavy atom. The van der Waals surface area contributed by atoms with E-state index < -0.39 is 23.7 Å². The van der Waals surface area contributed by atoms with Crippen LogP contribution in [-0.4, -0.2) is 36.5 Å². The Morgan fingerprint density at radius 3 is 2.50 bits per heavy atom. The molecule has 0 spiro atoms. The van der Waals surface area contributed by atoms with Crippen molar-refractivity contribution in [2.75, 3.05) is 19.0 Å². The van der Waals surface area contributed by atoms with Gasteiger partial charge in [-0.3, -0.25) is 14.5 Å². The molecule has 0 radical (unpaired) electrons. The fourth-order valence-corrected chi connectivity index (χ4v) is 3.74. The maximum absolute atomic E-state index is 13.1. The molecule has 0 aliphatic carbocycles. The van der Waals surface area contributed by atoms with E-state index >= 15 is 0 Å². The van der Waals surface area contributed by atoms with Gasteiger partial charge in [-0.25, -0.2) is 9.18 Å². The second-order valence-electron chi connectivity index (χ2n) is 7.73. The van der Waals surface area contributed by atoms with Crippen molar-refractivity contribution in [3.8, 4) is 11.5 Å². The number of carbonyl (C=O) groups is 3. The zero-order valence-electron chi connectivity index (χ0n) is 19.1. The average molecular weight is 554 g/mol. The highest BCUT2D eigenvalue weighted by atomic mass is 79.9. The van der Waals surface area contributed by atoms with Crippen LogP contribution in [0.2, 0.25) is 0 Å². The summed E-state index contributed by atoms with van der Waals surface area (Å²) in [7, 11) is 1.44. The third-order valence-corrected chi connectivity index (χ3v) is 5.75. The Labute approximate surface area is 214 Å². The Bertz CT molecular complexity index is 1330. The van der Waals surface area contributed by atoms with Gasteiger partial charge in [0.1, 0.15) is 11.5 Å². The summed E-state index contributed by atoms with van der Waals surface area (Å²) in [6, 6.07) is 17.1. The highest BCUT2D eigenvalue weighted by molar-refractivity contribution is 9.10. The Hall–Kier alpha value is -4.18.